The van der Waals surface area contributed by atoms with Crippen molar-refractivity contribution in [1.29, 1.82) is 0 Å². The van der Waals surface area contributed by atoms with Gasteiger partial charge in [0.05, 0.1) is 17.0 Å². The zero-order valence-electron chi connectivity index (χ0n) is 12.5. The van der Waals surface area contributed by atoms with Crippen LogP contribution in [0, 0.1) is 0 Å². The number of pyridine rings is 1. The van der Waals surface area contributed by atoms with E-state index in [9.17, 15) is 9.59 Å². The first-order valence-corrected chi connectivity index (χ1v) is 7.73. The van der Waals surface area contributed by atoms with E-state index in [2.05, 4.69) is 10.1 Å². The van der Waals surface area contributed by atoms with Gasteiger partial charge in [0.15, 0.2) is 5.78 Å². The maximum absolute atomic E-state index is 12.1. The number of hydrogen-bond donors (Lipinski definition) is 3. The third-order valence-electron chi connectivity index (χ3n) is 3.04. The fourth-order valence-electron chi connectivity index (χ4n) is 1.80. The summed E-state index contributed by atoms with van der Waals surface area (Å²) in [4.78, 5) is 26.8. The van der Waals surface area contributed by atoms with E-state index in [-0.39, 0.29) is 22.3 Å². The van der Waals surface area contributed by atoms with Crippen LogP contribution in [0.5, 0.6) is 0 Å². The van der Waals surface area contributed by atoms with E-state index in [1.807, 2.05) is 0 Å². The second-order valence-electron chi connectivity index (χ2n) is 4.58. The number of nitrogens with zero attached hydrogens (tertiary/aromatic N) is 3. The number of ketones is 1. The summed E-state index contributed by atoms with van der Waals surface area (Å²) in [5.41, 5.74) is 1.16. The monoisotopic (exact) mass is 345 g/mol. The molecule has 1 aromatic heterocycles. The van der Waals surface area contributed by atoms with Gasteiger partial charge in [0, 0.05) is 18.0 Å². The molecule has 0 aliphatic heterocycles. The lowest BCUT2D eigenvalue weighted by Crippen LogP contribution is -2.37. The molecule has 0 atom stereocenters. The standard InChI is InChI=1S/C15H15N5O3S/c16-19-15(24-9-13(21)10-5-7-18-8-6-10)20(17)12-3-1-11(2-4-12)14(22)23/h1-8H,9,16-17H2,(H,22,23)/b19-15+. The predicted octanol–water partition coefficient (Wildman–Crippen LogP) is 1.31. The van der Waals surface area contributed by atoms with Gasteiger partial charge in [-0.15, -0.1) is 0 Å². The molecule has 1 heterocycles. The first-order valence-electron chi connectivity index (χ1n) is 6.75. The Morgan fingerprint density at radius 2 is 1.75 bits per heavy atom. The lowest BCUT2D eigenvalue weighted by Gasteiger charge is -2.19. The van der Waals surface area contributed by atoms with Gasteiger partial charge in [-0.2, -0.15) is 5.10 Å². The van der Waals surface area contributed by atoms with Crippen molar-refractivity contribution in [2.24, 2.45) is 16.8 Å². The van der Waals surface area contributed by atoms with E-state index >= 15 is 0 Å². The van der Waals surface area contributed by atoms with E-state index in [1.54, 1.807) is 12.1 Å². The molecule has 0 fully saturated rings. The van der Waals surface area contributed by atoms with Crippen molar-refractivity contribution in [3.05, 3.63) is 59.9 Å². The van der Waals surface area contributed by atoms with Crippen LogP contribution in [0.3, 0.4) is 0 Å². The highest BCUT2D eigenvalue weighted by molar-refractivity contribution is 8.14. The Labute approximate surface area is 142 Å². The molecule has 0 unspecified atom stereocenters. The summed E-state index contributed by atoms with van der Waals surface area (Å²) in [6, 6.07) is 9.12. The minimum absolute atomic E-state index is 0.0982. The van der Waals surface area contributed by atoms with Gasteiger partial charge in [-0.3, -0.25) is 14.8 Å². The van der Waals surface area contributed by atoms with Gasteiger partial charge in [-0.1, -0.05) is 11.8 Å². The number of Topliss-reactive ketones (excluding diaryl/α,β-unsaturated/α-hetero) is 1. The minimum Gasteiger partial charge on any atom is -0.478 e. The summed E-state index contributed by atoms with van der Waals surface area (Å²) in [7, 11) is 0. The first-order chi connectivity index (χ1) is 11.5. The van der Waals surface area contributed by atoms with Crippen LogP contribution in [0.2, 0.25) is 0 Å². The van der Waals surface area contributed by atoms with Crippen molar-refractivity contribution in [1.82, 2.24) is 4.98 Å². The lowest BCUT2D eigenvalue weighted by molar-refractivity contribution is 0.0696. The van der Waals surface area contributed by atoms with Crippen molar-refractivity contribution in [3.8, 4) is 0 Å². The molecule has 2 aromatic rings. The lowest BCUT2D eigenvalue weighted by atomic mass is 10.2. The van der Waals surface area contributed by atoms with Gasteiger partial charge in [0.25, 0.3) is 0 Å². The SMILES string of the molecule is N/N=C(/SCC(=O)c1ccncc1)N(N)c1ccc(C(=O)O)cc1. The number of carbonyl (C=O) groups excluding carboxylic acids is 1. The van der Waals surface area contributed by atoms with Crippen LogP contribution in [0.25, 0.3) is 0 Å². The summed E-state index contributed by atoms with van der Waals surface area (Å²) in [5, 5.41) is 13.9. The van der Waals surface area contributed by atoms with Crippen LogP contribution < -0.4 is 16.7 Å². The number of aromatic nitrogens is 1. The van der Waals surface area contributed by atoms with Crippen LogP contribution in [-0.2, 0) is 0 Å². The normalized spacial score (nSPS) is 11.1. The van der Waals surface area contributed by atoms with Crippen LogP contribution >= 0.6 is 11.8 Å². The molecule has 0 spiro atoms. The highest BCUT2D eigenvalue weighted by atomic mass is 32.2. The van der Waals surface area contributed by atoms with Gasteiger partial charge in [0.1, 0.15) is 0 Å². The molecule has 0 saturated heterocycles. The average Bonchev–Trinajstić information content (AvgIpc) is 2.62. The highest BCUT2D eigenvalue weighted by Crippen LogP contribution is 2.18. The van der Waals surface area contributed by atoms with Crippen LogP contribution in [0.4, 0.5) is 5.69 Å². The molecule has 24 heavy (non-hydrogen) atoms. The third-order valence-corrected chi connectivity index (χ3v) is 4.01. The number of carbonyl (C=O) groups is 2. The fourth-order valence-corrected chi connectivity index (χ4v) is 2.54. The molecule has 0 radical (unpaired) electrons. The largest absolute Gasteiger partial charge is 0.478 e. The van der Waals surface area contributed by atoms with Crippen molar-refractivity contribution >= 4 is 34.4 Å². The van der Waals surface area contributed by atoms with Gasteiger partial charge < -0.3 is 10.9 Å². The van der Waals surface area contributed by atoms with Gasteiger partial charge in [-0.25, -0.2) is 10.6 Å². The number of benzene rings is 1. The molecule has 0 bridgehead atoms. The summed E-state index contributed by atoms with van der Waals surface area (Å²) < 4.78 is 0. The molecule has 5 N–H and O–H groups in total. The molecular formula is C15H15N5O3S. The van der Waals surface area contributed by atoms with E-state index in [1.165, 1.54) is 41.7 Å². The number of rotatable bonds is 5. The van der Waals surface area contributed by atoms with Crippen molar-refractivity contribution in [2.45, 2.75) is 0 Å². The van der Waals surface area contributed by atoms with E-state index in [0.29, 0.717) is 11.3 Å². The zero-order valence-corrected chi connectivity index (χ0v) is 13.3. The molecule has 0 aliphatic rings. The maximum Gasteiger partial charge on any atom is 0.335 e. The molecular weight excluding hydrogens is 330 g/mol. The number of thioether (sulfide) groups is 1. The minimum atomic E-state index is -1.03. The number of anilines is 1. The Balaban J connectivity index is 2.03. The van der Waals surface area contributed by atoms with Crippen molar-refractivity contribution in [3.63, 3.8) is 0 Å². The number of amidine groups is 1. The molecule has 9 heteroatoms. The first kappa shape index (κ1) is 17.4. The zero-order chi connectivity index (χ0) is 17.5. The molecule has 0 saturated carbocycles. The molecule has 1 aromatic carbocycles. The molecule has 0 amide bonds. The number of hydrazine groups is 1. The summed E-state index contributed by atoms with van der Waals surface area (Å²) >= 11 is 1.08. The molecule has 8 nitrogen and oxygen atoms in total. The molecule has 124 valence electrons. The van der Waals surface area contributed by atoms with E-state index in [4.69, 9.17) is 16.8 Å². The summed E-state index contributed by atoms with van der Waals surface area (Å²) in [5.74, 6) is 10.2. The Morgan fingerprint density at radius 1 is 1.12 bits per heavy atom. The number of hydrogen-bond acceptors (Lipinski definition) is 7. The number of hydrazone groups is 1. The number of carboxylic acids is 1. The fraction of sp³-hybridized carbons (Fsp3) is 0.0667. The van der Waals surface area contributed by atoms with Gasteiger partial charge in [-0.05, 0) is 36.4 Å². The van der Waals surface area contributed by atoms with E-state index < -0.39 is 5.97 Å². The Morgan fingerprint density at radius 3 is 2.29 bits per heavy atom. The molecule has 2 rings (SSSR count). The van der Waals surface area contributed by atoms with Crippen LogP contribution in [0.1, 0.15) is 20.7 Å². The van der Waals surface area contributed by atoms with Crippen molar-refractivity contribution in [2.75, 3.05) is 10.8 Å². The second kappa shape index (κ2) is 8.09. The second-order valence-corrected chi connectivity index (χ2v) is 5.52. The van der Waals surface area contributed by atoms with Crippen molar-refractivity contribution < 1.29 is 14.7 Å². The highest BCUT2D eigenvalue weighted by Gasteiger charge is 2.14. The molecule has 0 aliphatic carbocycles. The third kappa shape index (κ3) is 4.31. The Hall–Kier alpha value is -2.91. The smallest absolute Gasteiger partial charge is 0.335 e. The van der Waals surface area contributed by atoms with E-state index in [0.717, 1.165) is 11.8 Å². The summed E-state index contributed by atoms with van der Waals surface area (Å²) in [6.45, 7) is 0. The average molecular weight is 345 g/mol. The number of nitrogens with two attached hydrogens (primary N) is 2. The number of carboxylic acid groups (broad SMARTS) is 1. The topological polar surface area (TPSA) is 135 Å². The maximum atomic E-state index is 12.1. The Bertz CT molecular complexity index is 749. The summed E-state index contributed by atoms with van der Waals surface area (Å²) in [6.07, 6.45) is 3.07. The van der Waals surface area contributed by atoms with Crippen LogP contribution in [-0.4, -0.2) is 32.8 Å². The van der Waals surface area contributed by atoms with Gasteiger partial charge in [0.2, 0.25) is 5.17 Å². The number of aromatic carboxylic acids is 1. The van der Waals surface area contributed by atoms with Gasteiger partial charge >= 0.3 is 5.97 Å². The quantitative estimate of drug-likeness (QED) is 0.243. The predicted molar refractivity (Wildman–Crippen MR) is 92.7 cm³/mol. The van der Waals surface area contributed by atoms with Crippen LogP contribution in [0.15, 0.2) is 53.9 Å². The Kier molecular flexibility index (Phi) is 5.88.